The molecule has 0 atom stereocenters. The number of amides is 1. The molecule has 0 radical (unpaired) electrons. The van der Waals surface area contributed by atoms with Gasteiger partial charge in [-0.05, 0) is 18.2 Å². The minimum atomic E-state index is 0.0665. The maximum atomic E-state index is 12.3. The van der Waals surface area contributed by atoms with Crippen molar-refractivity contribution >= 4 is 17.7 Å². The molecule has 0 aromatic heterocycles. The number of benzene rings is 1. The van der Waals surface area contributed by atoms with Gasteiger partial charge < -0.3 is 10.0 Å². The van der Waals surface area contributed by atoms with E-state index in [-0.39, 0.29) is 12.5 Å². The zero-order valence-electron chi connectivity index (χ0n) is 10.8. The van der Waals surface area contributed by atoms with E-state index in [1.807, 2.05) is 40.9 Å². The Morgan fingerprint density at radius 1 is 1.37 bits per heavy atom. The number of aliphatic hydroxyl groups excluding tert-OH is 1. The van der Waals surface area contributed by atoms with Gasteiger partial charge in [0.15, 0.2) is 0 Å². The molecule has 1 aliphatic heterocycles. The van der Waals surface area contributed by atoms with Gasteiger partial charge in [0.2, 0.25) is 0 Å². The fraction of sp³-hybridized carbons (Fsp3) is 0.400. The molecule has 0 bridgehead atoms. The second-order valence-electron chi connectivity index (χ2n) is 4.26. The normalized spacial score (nSPS) is 14.7. The Morgan fingerprint density at radius 2 is 2.16 bits per heavy atom. The number of carbonyl (C=O) groups excluding carboxylic acids is 1. The van der Waals surface area contributed by atoms with E-state index in [9.17, 15) is 4.79 Å². The molecule has 1 amide bonds. The van der Waals surface area contributed by atoms with Crippen molar-refractivity contribution in [1.82, 2.24) is 4.90 Å². The highest BCUT2D eigenvalue weighted by atomic mass is 32.2. The number of hydrogen-bond donors (Lipinski definition) is 1. The van der Waals surface area contributed by atoms with Crippen LogP contribution in [0, 0.1) is 11.8 Å². The van der Waals surface area contributed by atoms with E-state index in [0.717, 1.165) is 30.2 Å². The standard InChI is InChI=1S/C15H17NO2S/c17-9-2-1-4-13-5-3-6-14(12-13)15(18)16-7-10-19-11-8-16/h3,5-6,12,17H,2,7-11H2. The fourth-order valence-electron chi connectivity index (χ4n) is 1.90. The van der Waals surface area contributed by atoms with E-state index in [1.165, 1.54) is 0 Å². The summed E-state index contributed by atoms with van der Waals surface area (Å²) < 4.78 is 0. The molecule has 4 heteroatoms. The first-order valence-electron chi connectivity index (χ1n) is 6.38. The summed E-state index contributed by atoms with van der Waals surface area (Å²) in [6, 6.07) is 7.40. The molecule has 3 nitrogen and oxygen atoms in total. The van der Waals surface area contributed by atoms with Gasteiger partial charge in [-0.1, -0.05) is 17.9 Å². The van der Waals surface area contributed by atoms with E-state index in [0.29, 0.717) is 12.0 Å². The quantitative estimate of drug-likeness (QED) is 0.834. The van der Waals surface area contributed by atoms with E-state index in [2.05, 4.69) is 11.8 Å². The lowest BCUT2D eigenvalue weighted by molar-refractivity contribution is 0.0772. The smallest absolute Gasteiger partial charge is 0.253 e. The molecule has 0 aliphatic carbocycles. The summed E-state index contributed by atoms with van der Waals surface area (Å²) in [5.41, 5.74) is 1.52. The topological polar surface area (TPSA) is 40.5 Å². The molecule has 100 valence electrons. The molecule has 1 aliphatic rings. The fourth-order valence-corrected chi connectivity index (χ4v) is 2.80. The van der Waals surface area contributed by atoms with Crippen molar-refractivity contribution < 1.29 is 9.90 Å². The highest BCUT2D eigenvalue weighted by Gasteiger charge is 2.18. The molecule has 2 rings (SSSR count). The van der Waals surface area contributed by atoms with Crippen molar-refractivity contribution in [1.29, 1.82) is 0 Å². The van der Waals surface area contributed by atoms with Crippen LogP contribution < -0.4 is 0 Å². The first-order valence-corrected chi connectivity index (χ1v) is 7.53. The van der Waals surface area contributed by atoms with E-state index in [1.54, 1.807) is 0 Å². The van der Waals surface area contributed by atoms with Crippen LogP contribution in [0.1, 0.15) is 22.3 Å². The van der Waals surface area contributed by atoms with Gasteiger partial charge >= 0.3 is 0 Å². The SMILES string of the molecule is O=C(c1cccc(C#CCCO)c1)N1CCSCC1. The summed E-state index contributed by atoms with van der Waals surface area (Å²) in [6.07, 6.45) is 0.460. The summed E-state index contributed by atoms with van der Waals surface area (Å²) in [6.45, 7) is 1.71. The van der Waals surface area contributed by atoms with Crippen LogP contribution >= 0.6 is 11.8 Å². The molecule has 1 aromatic carbocycles. The molecule has 0 spiro atoms. The molecule has 1 heterocycles. The molecule has 0 saturated carbocycles. The summed E-state index contributed by atoms with van der Waals surface area (Å²) in [5, 5.41) is 8.69. The predicted octanol–water partition coefficient (Wildman–Crippen LogP) is 1.61. The van der Waals surface area contributed by atoms with Crippen LogP contribution in [0.15, 0.2) is 24.3 Å². The average Bonchev–Trinajstić information content (AvgIpc) is 2.48. The highest BCUT2D eigenvalue weighted by molar-refractivity contribution is 7.99. The number of carbonyl (C=O) groups is 1. The number of rotatable bonds is 2. The molecule has 1 N–H and O–H groups in total. The van der Waals surface area contributed by atoms with E-state index >= 15 is 0 Å². The minimum absolute atomic E-state index is 0.0665. The Morgan fingerprint density at radius 3 is 2.89 bits per heavy atom. The van der Waals surface area contributed by atoms with Crippen LogP contribution in [0.3, 0.4) is 0 Å². The maximum Gasteiger partial charge on any atom is 0.253 e. The molecular formula is C15H17NO2S. The summed E-state index contributed by atoms with van der Waals surface area (Å²) in [4.78, 5) is 14.2. The Balaban J connectivity index is 2.09. The summed E-state index contributed by atoms with van der Waals surface area (Å²) >= 11 is 1.89. The summed E-state index contributed by atoms with van der Waals surface area (Å²) in [5.74, 6) is 7.95. The van der Waals surface area contributed by atoms with Crippen molar-refractivity contribution in [2.45, 2.75) is 6.42 Å². The van der Waals surface area contributed by atoms with Crippen LogP contribution in [0.5, 0.6) is 0 Å². The Labute approximate surface area is 118 Å². The van der Waals surface area contributed by atoms with Crippen molar-refractivity contribution in [3.63, 3.8) is 0 Å². The van der Waals surface area contributed by atoms with Crippen LogP contribution in [0.25, 0.3) is 0 Å². The highest BCUT2D eigenvalue weighted by Crippen LogP contribution is 2.14. The van der Waals surface area contributed by atoms with Crippen LogP contribution in [-0.2, 0) is 0 Å². The molecule has 1 saturated heterocycles. The van der Waals surface area contributed by atoms with Gasteiger partial charge in [0.1, 0.15) is 0 Å². The third-order valence-corrected chi connectivity index (χ3v) is 3.82. The monoisotopic (exact) mass is 275 g/mol. The summed E-state index contributed by atoms with van der Waals surface area (Å²) in [7, 11) is 0. The van der Waals surface area contributed by atoms with E-state index < -0.39 is 0 Å². The van der Waals surface area contributed by atoms with Gasteiger partial charge in [-0.25, -0.2) is 0 Å². The van der Waals surface area contributed by atoms with Crippen molar-refractivity contribution in [2.24, 2.45) is 0 Å². The third kappa shape index (κ3) is 4.02. The first-order chi connectivity index (χ1) is 9.31. The lowest BCUT2D eigenvalue weighted by Gasteiger charge is -2.26. The number of hydrogen-bond acceptors (Lipinski definition) is 3. The average molecular weight is 275 g/mol. The lowest BCUT2D eigenvalue weighted by Crippen LogP contribution is -2.37. The molecular weight excluding hydrogens is 258 g/mol. The van der Waals surface area contributed by atoms with Gasteiger partial charge in [-0.3, -0.25) is 4.79 Å². The molecule has 19 heavy (non-hydrogen) atoms. The lowest BCUT2D eigenvalue weighted by atomic mass is 10.1. The van der Waals surface area contributed by atoms with Gasteiger partial charge in [0.05, 0.1) is 6.61 Å². The zero-order valence-corrected chi connectivity index (χ0v) is 11.6. The van der Waals surface area contributed by atoms with Gasteiger partial charge in [0, 0.05) is 42.1 Å². The van der Waals surface area contributed by atoms with Crippen molar-refractivity contribution in [3.8, 4) is 11.8 Å². The number of aliphatic hydroxyl groups is 1. The largest absolute Gasteiger partial charge is 0.395 e. The molecule has 1 fully saturated rings. The van der Waals surface area contributed by atoms with Gasteiger partial charge in [-0.2, -0.15) is 11.8 Å². The minimum Gasteiger partial charge on any atom is -0.395 e. The van der Waals surface area contributed by atoms with Crippen molar-refractivity contribution in [2.75, 3.05) is 31.2 Å². The van der Waals surface area contributed by atoms with Crippen LogP contribution in [0.4, 0.5) is 0 Å². The molecule has 1 aromatic rings. The second kappa shape index (κ2) is 7.22. The second-order valence-corrected chi connectivity index (χ2v) is 5.49. The Bertz CT molecular complexity index is 498. The number of nitrogens with zero attached hydrogens (tertiary/aromatic N) is 1. The van der Waals surface area contributed by atoms with Crippen LogP contribution in [0.2, 0.25) is 0 Å². The molecule has 0 unspecified atom stereocenters. The van der Waals surface area contributed by atoms with Crippen molar-refractivity contribution in [3.05, 3.63) is 35.4 Å². The Kier molecular flexibility index (Phi) is 5.31. The van der Waals surface area contributed by atoms with Gasteiger partial charge in [0.25, 0.3) is 5.91 Å². The first kappa shape index (κ1) is 14.0. The van der Waals surface area contributed by atoms with Gasteiger partial charge in [-0.15, -0.1) is 0 Å². The predicted molar refractivity (Wildman–Crippen MR) is 78.3 cm³/mol. The van der Waals surface area contributed by atoms with E-state index in [4.69, 9.17) is 5.11 Å². The van der Waals surface area contributed by atoms with Crippen LogP contribution in [-0.4, -0.2) is 47.1 Å². The Hall–Kier alpha value is -1.44. The zero-order chi connectivity index (χ0) is 13.5. The third-order valence-electron chi connectivity index (χ3n) is 2.88. The number of thioether (sulfide) groups is 1. The maximum absolute atomic E-state index is 12.3.